The van der Waals surface area contributed by atoms with Gasteiger partial charge < -0.3 is 10.4 Å². The van der Waals surface area contributed by atoms with Crippen molar-refractivity contribution in [2.75, 3.05) is 0 Å². The molecule has 1 unspecified atom stereocenters. The Hall–Kier alpha value is -1.80. The van der Waals surface area contributed by atoms with E-state index in [1.165, 1.54) is 11.1 Å². The van der Waals surface area contributed by atoms with Gasteiger partial charge in [-0.1, -0.05) is 63.2 Å². The summed E-state index contributed by atoms with van der Waals surface area (Å²) in [6, 6.07) is 16.6. The fourth-order valence-electron chi connectivity index (χ4n) is 2.58. The average molecular weight is 283 g/mol. The second kappa shape index (κ2) is 7.28. The van der Waals surface area contributed by atoms with Crippen molar-refractivity contribution in [2.45, 2.75) is 39.8 Å². The van der Waals surface area contributed by atoms with Gasteiger partial charge in [-0.2, -0.15) is 0 Å². The topological polar surface area (TPSA) is 32.3 Å². The highest BCUT2D eigenvalue weighted by atomic mass is 16.3. The Bertz CT molecular complexity index is 560. The summed E-state index contributed by atoms with van der Waals surface area (Å²) in [6.07, 6.45) is 1.07. The maximum atomic E-state index is 9.86. The highest BCUT2D eigenvalue weighted by molar-refractivity contribution is 5.32. The molecule has 2 heteroatoms. The van der Waals surface area contributed by atoms with E-state index in [4.69, 9.17) is 0 Å². The highest BCUT2D eigenvalue weighted by Gasteiger charge is 2.15. The van der Waals surface area contributed by atoms with E-state index in [9.17, 15) is 5.11 Å². The number of aromatic hydroxyl groups is 1. The molecule has 0 saturated carbocycles. The molecule has 0 aliphatic rings. The second-order valence-electron chi connectivity index (χ2n) is 5.83. The van der Waals surface area contributed by atoms with Crippen LogP contribution in [0.2, 0.25) is 0 Å². The predicted molar refractivity (Wildman–Crippen MR) is 88.3 cm³/mol. The van der Waals surface area contributed by atoms with Crippen molar-refractivity contribution in [3.8, 4) is 5.75 Å². The third-order valence-corrected chi connectivity index (χ3v) is 3.92. The molecule has 112 valence electrons. The zero-order valence-electron chi connectivity index (χ0n) is 13.1. The lowest BCUT2D eigenvalue weighted by Crippen LogP contribution is -2.25. The molecular formula is C19H25NO. The van der Waals surface area contributed by atoms with Crippen molar-refractivity contribution in [3.05, 3.63) is 65.2 Å². The number of benzene rings is 2. The van der Waals surface area contributed by atoms with Gasteiger partial charge in [-0.3, -0.25) is 0 Å². The van der Waals surface area contributed by atoms with Crippen LogP contribution in [0.3, 0.4) is 0 Å². The molecule has 2 rings (SSSR count). The van der Waals surface area contributed by atoms with Gasteiger partial charge in [0.2, 0.25) is 0 Å². The molecule has 2 nitrogen and oxygen atoms in total. The van der Waals surface area contributed by atoms with Gasteiger partial charge in [0.25, 0.3) is 0 Å². The number of nitrogens with one attached hydrogen (secondary N) is 1. The molecule has 0 heterocycles. The van der Waals surface area contributed by atoms with E-state index in [0.29, 0.717) is 18.2 Å². The number of hydrogen-bond acceptors (Lipinski definition) is 2. The Balaban J connectivity index is 2.10. The largest absolute Gasteiger partial charge is 0.508 e. The van der Waals surface area contributed by atoms with Gasteiger partial charge in [-0.05, 0) is 29.5 Å². The van der Waals surface area contributed by atoms with E-state index >= 15 is 0 Å². The third-order valence-electron chi connectivity index (χ3n) is 3.92. The van der Waals surface area contributed by atoms with Crippen LogP contribution in [0, 0.1) is 5.92 Å². The van der Waals surface area contributed by atoms with Crippen molar-refractivity contribution < 1.29 is 5.11 Å². The first-order valence-corrected chi connectivity index (χ1v) is 7.71. The van der Waals surface area contributed by atoms with E-state index in [2.05, 4.69) is 50.4 Å². The van der Waals surface area contributed by atoms with E-state index in [-0.39, 0.29) is 6.04 Å². The first-order valence-electron chi connectivity index (χ1n) is 7.71. The van der Waals surface area contributed by atoms with Crippen LogP contribution in [0.1, 0.15) is 43.5 Å². The minimum atomic E-state index is 0.288. The van der Waals surface area contributed by atoms with Gasteiger partial charge in [0, 0.05) is 18.2 Å². The predicted octanol–water partition coefficient (Wildman–Crippen LogP) is 4.44. The van der Waals surface area contributed by atoms with E-state index < -0.39 is 0 Å². The van der Waals surface area contributed by atoms with Gasteiger partial charge in [-0.15, -0.1) is 0 Å². The first kappa shape index (κ1) is 15.6. The minimum absolute atomic E-state index is 0.288. The maximum absolute atomic E-state index is 9.86. The summed E-state index contributed by atoms with van der Waals surface area (Å²) in [5, 5.41) is 13.4. The van der Waals surface area contributed by atoms with Crippen LogP contribution < -0.4 is 5.32 Å². The minimum Gasteiger partial charge on any atom is -0.508 e. The average Bonchev–Trinajstić information content (AvgIpc) is 2.49. The van der Waals surface area contributed by atoms with Crippen molar-refractivity contribution in [3.63, 3.8) is 0 Å². The molecule has 2 aromatic carbocycles. The SMILES string of the molecule is CCc1ccc(C(NCc2ccccc2O)C(C)C)cc1. The van der Waals surface area contributed by atoms with Gasteiger partial charge in [0.15, 0.2) is 0 Å². The quantitative estimate of drug-likeness (QED) is 0.821. The number of phenolic OH excluding ortho intramolecular Hbond substituents is 1. The first-order chi connectivity index (χ1) is 10.1. The maximum Gasteiger partial charge on any atom is 0.120 e. The molecule has 0 spiro atoms. The van der Waals surface area contributed by atoms with Gasteiger partial charge in [0.1, 0.15) is 5.75 Å². The molecule has 0 saturated heterocycles. The van der Waals surface area contributed by atoms with E-state index in [1.807, 2.05) is 18.2 Å². The smallest absolute Gasteiger partial charge is 0.120 e. The van der Waals surface area contributed by atoms with Crippen LogP contribution in [-0.2, 0) is 13.0 Å². The van der Waals surface area contributed by atoms with Gasteiger partial charge >= 0.3 is 0 Å². The molecular weight excluding hydrogens is 258 g/mol. The normalized spacial score (nSPS) is 12.6. The van der Waals surface area contributed by atoms with Crippen molar-refractivity contribution in [1.29, 1.82) is 0 Å². The Labute approximate surface area is 127 Å². The summed E-state index contributed by atoms with van der Waals surface area (Å²) in [4.78, 5) is 0. The van der Waals surface area contributed by atoms with E-state index in [1.54, 1.807) is 6.07 Å². The summed E-state index contributed by atoms with van der Waals surface area (Å²) < 4.78 is 0. The number of rotatable bonds is 6. The van der Waals surface area contributed by atoms with Crippen molar-refractivity contribution in [1.82, 2.24) is 5.32 Å². The molecule has 0 aliphatic carbocycles. The van der Waals surface area contributed by atoms with Crippen molar-refractivity contribution in [2.24, 2.45) is 5.92 Å². The van der Waals surface area contributed by atoms with Crippen molar-refractivity contribution >= 4 is 0 Å². The Morgan fingerprint density at radius 3 is 2.24 bits per heavy atom. The van der Waals surface area contributed by atoms with Crippen LogP contribution in [0.4, 0.5) is 0 Å². The molecule has 1 atom stereocenters. The number of aryl methyl sites for hydroxylation is 1. The number of para-hydroxylation sites is 1. The van der Waals surface area contributed by atoms with Crippen LogP contribution >= 0.6 is 0 Å². The number of phenols is 1. The Kier molecular flexibility index (Phi) is 5.40. The molecule has 0 aromatic heterocycles. The molecule has 0 fully saturated rings. The lowest BCUT2D eigenvalue weighted by Gasteiger charge is -2.23. The molecule has 0 bridgehead atoms. The van der Waals surface area contributed by atoms with Gasteiger partial charge in [0.05, 0.1) is 0 Å². The summed E-state index contributed by atoms with van der Waals surface area (Å²) in [6.45, 7) is 7.28. The highest BCUT2D eigenvalue weighted by Crippen LogP contribution is 2.24. The summed E-state index contributed by atoms with van der Waals surface area (Å²) in [7, 11) is 0. The van der Waals surface area contributed by atoms with Crippen LogP contribution in [0.5, 0.6) is 5.75 Å². The molecule has 0 aliphatic heterocycles. The molecule has 2 N–H and O–H groups in total. The fraction of sp³-hybridized carbons (Fsp3) is 0.368. The number of hydrogen-bond donors (Lipinski definition) is 2. The molecule has 21 heavy (non-hydrogen) atoms. The van der Waals surface area contributed by atoms with Crippen LogP contribution in [-0.4, -0.2) is 5.11 Å². The summed E-state index contributed by atoms with van der Waals surface area (Å²) in [5.74, 6) is 0.845. The van der Waals surface area contributed by atoms with Crippen LogP contribution in [0.25, 0.3) is 0 Å². The molecule has 2 aromatic rings. The van der Waals surface area contributed by atoms with E-state index in [0.717, 1.165) is 12.0 Å². The Morgan fingerprint density at radius 1 is 1.00 bits per heavy atom. The zero-order chi connectivity index (χ0) is 15.2. The zero-order valence-corrected chi connectivity index (χ0v) is 13.1. The molecule has 0 amide bonds. The monoisotopic (exact) mass is 283 g/mol. The lowest BCUT2D eigenvalue weighted by molar-refractivity contribution is 0.402. The summed E-state index contributed by atoms with van der Waals surface area (Å²) >= 11 is 0. The lowest BCUT2D eigenvalue weighted by atomic mass is 9.94. The summed E-state index contributed by atoms with van der Waals surface area (Å²) in [5.41, 5.74) is 3.60. The fourth-order valence-corrected chi connectivity index (χ4v) is 2.58. The van der Waals surface area contributed by atoms with Crippen LogP contribution in [0.15, 0.2) is 48.5 Å². The van der Waals surface area contributed by atoms with Gasteiger partial charge in [-0.25, -0.2) is 0 Å². The third kappa shape index (κ3) is 4.08. The Morgan fingerprint density at radius 2 is 1.67 bits per heavy atom. The molecule has 0 radical (unpaired) electrons. The standard InChI is InChI=1S/C19H25NO/c1-4-15-9-11-16(12-10-15)19(14(2)3)20-13-17-7-5-6-8-18(17)21/h5-12,14,19-21H,4,13H2,1-3H3. The second-order valence-corrected chi connectivity index (χ2v) is 5.83.